The van der Waals surface area contributed by atoms with Crippen molar-refractivity contribution in [2.75, 3.05) is 5.73 Å². The van der Waals surface area contributed by atoms with Crippen LogP contribution in [0.3, 0.4) is 0 Å². The van der Waals surface area contributed by atoms with Gasteiger partial charge in [-0.3, -0.25) is 9.59 Å². The molecule has 1 aromatic carbocycles. The number of fused-ring (bicyclic) bond motifs is 2. The van der Waals surface area contributed by atoms with Gasteiger partial charge in [-0.1, -0.05) is 0 Å². The molecule has 3 fully saturated rings. The second-order valence-corrected chi connectivity index (χ2v) is 12.5. The predicted octanol–water partition coefficient (Wildman–Crippen LogP) is 4.57. The van der Waals surface area contributed by atoms with Crippen LogP contribution in [-0.2, 0) is 12.7 Å². The Labute approximate surface area is 240 Å². The van der Waals surface area contributed by atoms with Crippen molar-refractivity contribution in [3.8, 4) is 11.3 Å². The number of nitrogen functional groups attached to an aromatic ring is 1. The van der Waals surface area contributed by atoms with E-state index in [1.165, 1.54) is 21.7 Å². The fourth-order valence-corrected chi connectivity index (χ4v) is 6.91. The number of nitrogens with zero attached hydrogens (tertiary/aromatic N) is 4. The van der Waals surface area contributed by atoms with E-state index >= 15 is 0 Å². The number of benzene rings is 1. The van der Waals surface area contributed by atoms with Gasteiger partial charge in [0.15, 0.2) is 11.5 Å². The summed E-state index contributed by atoms with van der Waals surface area (Å²) in [6.45, 7) is 2.00. The molecule has 0 saturated heterocycles. The van der Waals surface area contributed by atoms with Crippen molar-refractivity contribution in [1.82, 2.24) is 24.8 Å². The SMILES string of the molecule is C[C@@H](C1CC1)N1Cc2cc(-c3ccn4nc(N)c(C(=O)N[C@H]5CC[C@H](C6(O)CC6)CC5)c4n3)cc(C(F)(F)F)c2C1=O. The molecule has 4 N–H and O–H groups in total. The summed E-state index contributed by atoms with van der Waals surface area (Å²) in [5, 5.41) is 17.6. The Balaban J connectivity index is 1.19. The highest BCUT2D eigenvalue weighted by molar-refractivity contribution is 6.04. The third-order valence-electron chi connectivity index (χ3n) is 9.76. The molecule has 1 aliphatic heterocycles. The second-order valence-electron chi connectivity index (χ2n) is 12.5. The van der Waals surface area contributed by atoms with Crippen molar-refractivity contribution in [2.45, 2.75) is 88.7 Å². The summed E-state index contributed by atoms with van der Waals surface area (Å²) in [6.07, 6.45) is 3.52. The number of carbonyl (C=O) groups excluding carboxylic acids is 2. The van der Waals surface area contributed by atoms with E-state index in [2.05, 4.69) is 15.4 Å². The van der Waals surface area contributed by atoms with Crippen LogP contribution in [-0.4, -0.2) is 54.1 Å². The van der Waals surface area contributed by atoms with Crippen LogP contribution in [0.2, 0.25) is 0 Å². The van der Waals surface area contributed by atoms with Crippen molar-refractivity contribution < 1.29 is 27.9 Å². The van der Waals surface area contributed by atoms with Crippen molar-refractivity contribution in [3.05, 3.63) is 46.6 Å². The molecule has 4 aliphatic rings. The molecular weight excluding hydrogens is 549 g/mol. The number of alkyl halides is 3. The average molecular weight is 583 g/mol. The molecule has 3 aromatic rings. The summed E-state index contributed by atoms with van der Waals surface area (Å²) in [5.74, 6) is -0.489. The molecule has 0 unspecified atom stereocenters. The molecule has 7 rings (SSSR count). The number of carbonyl (C=O) groups is 2. The number of hydrogen-bond acceptors (Lipinski definition) is 6. The standard InChI is InChI=1S/C30H33F3N6O3/c1-15(16-2-3-16)38-14-18-12-17(13-21(30(31,32)33)23(18)28(38)41)22-8-11-39-26(36-22)24(25(34)37-39)27(40)35-20-6-4-19(5-7-20)29(42)9-10-29/h8,11-13,15-16,19-20,42H,2-7,9-10,14H2,1H3,(H2,34,37)(H,35,40)/t15-,19-,20-/m0/s1. The first kappa shape index (κ1) is 27.2. The number of halogens is 3. The highest BCUT2D eigenvalue weighted by Gasteiger charge is 2.48. The number of anilines is 1. The van der Waals surface area contributed by atoms with Crippen LogP contribution in [0.15, 0.2) is 24.4 Å². The molecule has 9 nitrogen and oxygen atoms in total. The molecule has 3 heterocycles. The summed E-state index contributed by atoms with van der Waals surface area (Å²) in [4.78, 5) is 32.6. The number of nitrogens with two attached hydrogens (primary N) is 1. The number of amides is 2. The smallest absolute Gasteiger partial charge is 0.390 e. The molecule has 1 atom stereocenters. The van der Waals surface area contributed by atoms with Gasteiger partial charge in [-0.25, -0.2) is 9.50 Å². The topological polar surface area (TPSA) is 126 Å². The zero-order valence-corrected chi connectivity index (χ0v) is 23.2. The normalized spacial score (nSPS) is 24.1. The largest absolute Gasteiger partial charge is 0.417 e. The molecule has 2 aromatic heterocycles. The van der Waals surface area contributed by atoms with E-state index in [1.807, 2.05) is 6.92 Å². The molecule has 0 bridgehead atoms. The van der Waals surface area contributed by atoms with Crippen LogP contribution in [0.1, 0.15) is 90.1 Å². The van der Waals surface area contributed by atoms with Gasteiger partial charge < -0.3 is 21.1 Å². The van der Waals surface area contributed by atoms with E-state index < -0.39 is 29.2 Å². The van der Waals surface area contributed by atoms with Crippen molar-refractivity contribution >= 4 is 23.3 Å². The zero-order valence-electron chi connectivity index (χ0n) is 23.2. The number of hydrogen-bond donors (Lipinski definition) is 3. The number of nitrogens with one attached hydrogen (secondary N) is 1. The number of rotatable bonds is 6. The lowest BCUT2D eigenvalue weighted by Gasteiger charge is -2.32. The van der Waals surface area contributed by atoms with Crippen LogP contribution in [0.4, 0.5) is 19.0 Å². The van der Waals surface area contributed by atoms with Crippen LogP contribution >= 0.6 is 0 Å². The first-order chi connectivity index (χ1) is 19.9. The minimum Gasteiger partial charge on any atom is -0.390 e. The summed E-state index contributed by atoms with van der Waals surface area (Å²) in [7, 11) is 0. The Hall–Kier alpha value is -3.67. The maximum atomic E-state index is 14.3. The average Bonchev–Trinajstić information content (AvgIpc) is 3.87. The minimum absolute atomic E-state index is 0.0293. The molecule has 42 heavy (non-hydrogen) atoms. The van der Waals surface area contributed by atoms with E-state index in [-0.39, 0.29) is 58.4 Å². The van der Waals surface area contributed by atoms with E-state index in [0.29, 0.717) is 11.5 Å². The second kappa shape index (κ2) is 9.42. The Morgan fingerprint density at radius 2 is 1.88 bits per heavy atom. The first-order valence-corrected chi connectivity index (χ1v) is 14.7. The van der Waals surface area contributed by atoms with Gasteiger partial charge in [-0.05, 0) is 93.9 Å². The Bertz CT molecular complexity index is 1600. The van der Waals surface area contributed by atoms with Crippen LogP contribution in [0, 0.1) is 11.8 Å². The lowest BCUT2D eigenvalue weighted by Crippen LogP contribution is -2.40. The highest BCUT2D eigenvalue weighted by Crippen LogP contribution is 2.48. The fraction of sp³-hybridized carbons (Fsp3) is 0.533. The van der Waals surface area contributed by atoms with Crippen molar-refractivity contribution in [2.24, 2.45) is 11.8 Å². The molecule has 3 saturated carbocycles. The minimum atomic E-state index is -4.74. The van der Waals surface area contributed by atoms with Crippen LogP contribution in [0.5, 0.6) is 0 Å². The van der Waals surface area contributed by atoms with Crippen LogP contribution < -0.4 is 11.1 Å². The fourth-order valence-electron chi connectivity index (χ4n) is 6.91. The summed E-state index contributed by atoms with van der Waals surface area (Å²) in [6, 6.07) is 3.86. The van der Waals surface area contributed by atoms with Gasteiger partial charge in [0.1, 0.15) is 5.56 Å². The molecule has 12 heteroatoms. The number of aromatic nitrogens is 3. The van der Waals surface area contributed by atoms with Crippen LogP contribution in [0.25, 0.3) is 16.9 Å². The lowest BCUT2D eigenvalue weighted by molar-refractivity contribution is -0.137. The maximum Gasteiger partial charge on any atom is 0.417 e. The van der Waals surface area contributed by atoms with E-state index in [4.69, 9.17) is 5.73 Å². The Morgan fingerprint density at radius 3 is 2.52 bits per heavy atom. The molecule has 0 spiro atoms. The van der Waals surface area contributed by atoms with E-state index in [0.717, 1.165) is 57.4 Å². The monoisotopic (exact) mass is 582 g/mol. The van der Waals surface area contributed by atoms with Gasteiger partial charge in [0.2, 0.25) is 0 Å². The lowest BCUT2D eigenvalue weighted by atomic mass is 9.81. The molecule has 222 valence electrons. The van der Waals surface area contributed by atoms with E-state index in [9.17, 15) is 27.9 Å². The zero-order chi connectivity index (χ0) is 29.6. The maximum absolute atomic E-state index is 14.3. The van der Waals surface area contributed by atoms with Gasteiger partial charge in [0, 0.05) is 30.4 Å². The van der Waals surface area contributed by atoms with Gasteiger partial charge in [-0.15, -0.1) is 5.10 Å². The van der Waals surface area contributed by atoms with Gasteiger partial charge in [0.25, 0.3) is 11.8 Å². The predicted molar refractivity (Wildman–Crippen MR) is 147 cm³/mol. The van der Waals surface area contributed by atoms with Gasteiger partial charge >= 0.3 is 6.18 Å². The van der Waals surface area contributed by atoms with Crippen molar-refractivity contribution in [3.63, 3.8) is 0 Å². The first-order valence-electron chi connectivity index (χ1n) is 14.7. The summed E-state index contributed by atoms with van der Waals surface area (Å²) in [5.41, 5.74) is 5.24. The quantitative estimate of drug-likeness (QED) is 0.391. The van der Waals surface area contributed by atoms with E-state index in [1.54, 1.807) is 6.07 Å². The third kappa shape index (κ3) is 4.60. The Kier molecular flexibility index (Phi) is 6.09. The molecule has 0 radical (unpaired) electrons. The van der Waals surface area contributed by atoms with Gasteiger partial charge in [0.05, 0.1) is 22.4 Å². The Morgan fingerprint density at radius 1 is 1.17 bits per heavy atom. The van der Waals surface area contributed by atoms with Gasteiger partial charge in [-0.2, -0.15) is 13.2 Å². The third-order valence-corrected chi connectivity index (χ3v) is 9.76. The molecule has 2 amide bonds. The summed E-state index contributed by atoms with van der Waals surface area (Å²) < 4.78 is 44.1. The van der Waals surface area contributed by atoms with Crippen molar-refractivity contribution in [1.29, 1.82) is 0 Å². The number of aliphatic hydroxyl groups is 1. The summed E-state index contributed by atoms with van der Waals surface area (Å²) >= 11 is 0. The molecular formula is C30H33F3N6O3. The highest BCUT2D eigenvalue weighted by atomic mass is 19.4. The molecule has 3 aliphatic carbocycles.